The van der Waals surface area contributed by atoms with E-state index in [0.717, 1.165) is 0 Å². The molecular formula is C11H12O5. The zero-order valence-corrected chi connectivity index (χ0v) is 9.06. The van der Waals surface area contributed by atoms with Gasteiger partial charge in [0.25, 0.3) is 0 Å². The number of hydrogen-bond donors (Lipinski definition) is 0. The van der Waals surface area contributed by atoms with E-state index in [1.165, 1.54) is 13.4 Å². The molecule has 0 unspecified atom stereocenters. The Kier molecular flexibility index (Phi) is 2.68. The summed E-state index contributed by atoms with van der Waals surface area (Å²) in [5.41, 5.74) is 0.847. The third-order valence-electron chi connectivity index (χ3n) is 2.73. The van der Waals surface area contributed by atoms with Gasteiger partial charge in [-0.05, 0) is 6.92 Å². The van der Waals surface area contributed by atoms with Crippen LogP contribution in [0.2, 0.25) is 0 Å². The van der Waals surface area contributed by atoms with Crippen LogP contribution in [-0.4, -0.2) is 25.3 Å². The molecule has 0 spiro atoms. The molecule has 2 aliphatic heterocycles. The SMILES string of the molecule is C/C=C1/C(=O)O[C@H]2C[C@@H]1C(C(=O)OC)=CO2. The Labute approximate surface area is 92.7 Å². The highest BCUT2D eigenvalue weighted by Gasteiger charge is 2.41. The molecule has 0 aromatic rings. The lowest BCUT2D eigenvalue weighted by Crippen LogP contribution is -2.38. The van der Waals surface area contributed by atoms with E-state index < -0.39 is 18.2 Å². The standard InChI is InChI=1S/C11H12O5/c1-3-6-7-4-9(16-11(6)13)15-5-8(7)10(12)14-2/h3,5,7,9H,4H2,1-2H3/b6-3+/t7-,9-/m0/s1. The van der Waals surface area contributed by atoms with Gasteiger partial charge in [-0.25, -0.2) is 9.59 Å². The summed E-state index contributed by atoms with van der Waals surface area (Å²) < 4.78 is 14.8. The zero-order valence-electron chi connectivity index (χ0n) is 9.06. The number of rotatable bonds is 1. The lowest BCUT2D eigenvalue weighted by atomic mass is 9.85. The van der Waals surface area contributed by atoms with Crippen molar-refractivity contribution in [2.24, 2.45) is 5.92 Å². The van der Waals surface area contributed by atoms with Crippen molar-refractivity contribution < 1.29 is 23.8 Å². The molecule has 16 heavy (non-hydrogen) atoms. The summed E-state index contributed by atoms with van der Waals surface area (Å²) in [4.78, 5) is 23.0. The first-order valence-electron chi connectivity index (χ1n) is 4.98. The summed E-state index contributed by atoms with van der Waals surface area (Å²) in [6.45, 7) is 1.74. The molecule has 0 N–H and O–H groups in total. The Balaban J connectivity index is 2.36. The van der Waals surface area contributed by atoms with E-state index in [1.807, 2.05) is 0 Å². The number of allylic oxidation sites excluding steroid dienone is 1. The van der Waals surface area contributed by atoms with Crippen LogP contribution in [0.4, 0.5) is 0 Å². The predicted octanol–water partition coefficient (Wildman–Crippen LogP) is 0.909. The van der Waals surface area contributed by atoms with E-state index in [4.69, 9.17) is 9.47 Å². The number of carbonyl (C=O) groups excluding carboxylic acids is 2. The van der Waals surface area contributed by atoms with Crippen molar-refractivity contribution in [3.63, 3.8) is 0 Å². The fourth-order valence-electron chi connectivity index (χ4n) is 1.93. The highest BCUT2D eigenvalue weighted by molar-refractivity contribution is 5.96. The smallest absolute Gasteiger partial charge is 0.337 e. The zero-order chi connectivity index (χ0) is 11.7. The predicted molar refractivity (Wildman–Crippen MR) is 52.9 cm³/mol. The molecule has 1 saturated heterocycles. The van der Waals surface area contributed by atoms with Gasteiger partial charge in [-0.3, -0.25) is 0 Å². The van der Waals surface area contributed by atoms with Gasteiger partial charge in [0.1, 0.15) is 0 Å². The van der Waals surface area contributed by atoms with Crippen LogP contribution in [0.3, 0.4) is 0 Å². The van der Waals surface area contributed by atoms with Crippen molar-refractivity contribution in [1.82, 2.24) is 0 Å². The summed E-state index contributed by atoms with van der Waals surface area (Å²) in [5, 5.41) is 0. The van der Waals surface area contributed by atoms with E-state index in [-0.39, 0.29) is 5.92 Å². The first-order chi connectivity index (χ1) is 7.67. The molecule has 2 rings (SSSR count). The van der Waals surface area contributed by atoms with Crippen molar-refractivity contribution in [3.8, 4) is 0 Å². The number of methoxy groups -OCH3 is 1. The number of ether oxygens (including phenoxy) is 3. The lowest BCUT2D eigenvalue weighted by molar-refractivity contribution is -0.177. The molecule has 2 bridgehead atoms. The maximum atomic E-state index is 11.5. The third kappa shape index (κ3) is 1.58. The van der Waals surface area contributed by atoms with E-state index >= 15 is 0 Å². The van der Waals surface area contributed by atoms with Gasteiger partial charge < -0.3 is 14.2 Å². The molecule has 2 atom stereocenters. The second-order valence-electron chi connectivity index (χ2n) is 3.57. The molecule has 5 nitrogen and oxygen atoms in total. The topological polar surface area (TPSA) is 61.8 Å². The normalized spacial score (nSPS) is 30.2. The highest BCUT2D eigenvalue weighted by Crippen LogP contribution is 2.36. The van der Waals surface area contributed by atoms with Crippen LogP contribution < -0.4 is 0 Å². The first kappa shape index (κ1) is 10.7. The summed E-state index contributed by atoms with van der Waals surface area (Å²) >= 11 is 0. The molecule has 0 amide bonds. The van der Waals surface area contributed by atoms with Crippen LogP contribution in [0.5, 0.6) is 0 Å². The van der Waals surface area contributed by atoms with Gasteiger partial charge in [0.05, 0.1) is 18.9 Å². The second-order valence-corrected chi connectivity index (χ2v) is 3.57. The molecule has 2 aliphatic rings. The molecule has 1 fully saturated rings. The van der Waals surface area contributed by atoms with Gasteiger partial charge in [0.15, 0.2) is 0 Å². The molecule has 0 aromatic heterocycles. The monoisotopic (exact) mass is 224 g/mol. The molecule has 0 aliphatic carbocycles. The van der Waals surface area contributed by atoms with Gasteiger partial charge in [-0.15, -0.1) is 0 Å². The number of carbonyl (C=O) groups is 2. The number of hydrogen-bond acceptors (Lipinski definition) is 5. The molecule has 2 heterocycles. The average molecular weight is 224 g/mol. The summed E-state index contributed by atoms with van der Waals surface area (Å²) in [5.74, 6) is -1.19. The Morgan fingerprint density at radius 1 is 1.62 bits per heavy atom. The van der Waals surface area contributed by atoms with Crippen molar-refractivity contribution >= 4 is 11.9 Å². The number of fused-ring (bicyclic) bond motifs is 2. The lowest BCUT2D eigenvalue weighted by Gasteiger charge is -2.34. The van der Waals surface area contributed by atoms with Gasteiger partial charge in [-0.2, -0.15) is 0 Å². The van der Waals surface area contributed by atoms with Crippen LogP contribution in [-0.2, 0) is 23.8 Å². The Morgan fingerprint density at radius 2 is 2.38 bits per heavy atom. The fourth-order valence-corrected chi connectivity index (χ4v) is 1.93. The maximum absolute atomic E-state index is 11.5. The molecule has 5 heteroatoms. The first-order valence-corrected chi connectivity index (χ1v) is 4.98. The Bertz CT molecular complexity index is 393. The van der Waals surface area contributed by atoms with Crippen LogP contribution >= 0.6 is 0 Å². The van der Waals surface area contributed by atoms with Crippen molar-refractivity contribution in [3.05, 3.63) is 23.5 Å². The molecule has 0 radical (unpaired) electrons. The van der Waals surface area contributed by atoms with Crippen LogP contribution in [0.25, 0.3) is 0 Å². The molecule has 0 aromatic carbocycles. The average Bonchev–Trinajstić information content (AvgIpc) is 2.28. The van der Waals surface area contributed by atoms with E-state index in [0.29, 0.717) is 17.6 Å². The van der Waals surface area contributed by atoms with E-state index in [9.17, 15) is 9.59 Å². The molecule has 86 valence electrons. The van der Waals surface area contributed by atoms with Crippen LogP contribution in [0, 0.1) is 5.92 Å². The molecule has 0 saturated carbocycles. The third-order valence-corrected chi connectivity index (χ3v) is 2.73. The van der Waals surface area contributed by atoms with Crippen LogP contribution in [0.15, 0.2) is 23.5 Å². The van der Waals surface area contributed by atoms with E-state index in [2.05, 4.69) is 4.74 Å². The fraction of sp³-hybridized carbons (Fsp3) is 0.455. The number of esters is 2. The van der Waals surface area contributed by atoms with Gasteiger partial charge in [-0.1, -0.05) is 6.08 Å². The minimum Gasteiger partial charge on any atom is -0.466 e. The summed E-state index contributed by atoms with van der Waals surface area (Å²) in [7, 11) is 1.30. The summed E-state index contributed by atoms with van der Waals surface area (Å²) in [6, 6.07) is 0. The van der Waals surface area contributed by atoms with Crippen molar-refractivity contribution in [2.45, 2.75) is 19.6 Å². The maximum Gasteiger partial charge on any atom is 0.337 e. The molecular weight excluding hydrogens is 212 g/mol. The largest absolute Gasteiger partial charge is 0.466 e. The minimum absolute atomic E-state index is 0.280. The van der Waals surface area contributed by atoms with E-state index in [1.54, 1.807) is 13.0 Å². The van der Waals surface area contributed by atoms with Gasteiger partial charge >= 0.3 is 11.9 Å². The van der Waals surface area contributed by atoms with Crippen molar-refractivity contribution in [1.29, 1.82) is 0 Å². The Morgan fingerprint density at radius 3 is 3.00 bits per heavy atom. The van der Waals surface area contributed by atoms with Crippen LogP contribution in [0.1, 0.15) is 13.3 Å². The highest BCUT2D eigenvalue weighted by atomic mass is 16.7. The van der Waals surface area contributed by atoms with Crippen molar-refractivity contribution in [2.75, 3.05) is 7.11 Å². The van der Waals surface area contributed by atoms with Gasteiger partial charge in [0, 0.05) is 17.9 Å². The summed E-state index contributed by atoms with van der Waals surface area (Å²) in [6.07, 6.45) is 2.85. The Hall–Kier alpha value is -1.78. The van der Waals surface area contributed by atoms with Gasteiger partial charge in [0.2, 0.25) is 6.29 Å². The quantitative estimate of drug-likeness (QED) is 0.489. The second kappa shape index (κ2) is 4.00. The minimum atomic E-state index is -0.588.